The Bertz CT molecular complexity index is 1710. The second kappa shape index (κ2) is 12.1. The topological polar surface area (TPSA) is 202 Å². The van der Waals surface area contributed by atoms with E-state index in [1.54, 1.807) is 30.3 Å². The minimum Gasteiger partial charge on any atom is -0.508 e. The predicted molar refractivity (Wildman–Crippen MR) is 141 cm³/mol. The predicted octanol–water partition coefficient (Wildman–Crippen LogP) is 5.87. The molecule has 12 nitrogen and oxygen atoms in total. The molecule has 0 amide bonds. The van der Waals surface area contributed by atoms with Gasteiger partial charge in [-0.25, -0.2) is 4.79 Å². The zero-order chi connectivity index (χ0) is 27.4. The third-order valence-electron chi connectivity index (χ3n) is 5.15. The number of nitrogens with zero attached hydrogens (tertiary/aromatic N) is 4. The van der Waals surface area contributed by atoms with Gasteiger partial charge in [0.25, 0.3) is 10.1 Å². The van der Waals surface area contributed by atoms with Crippen LogP contribution in [-0.2, 0) is 10.1 Å². The molecule has 0 unspecified atom stereocenters. The van der Waals surface area contributed by atoms with Crippen molar-refractivity contribution in [1.29, 1.82) is 0 Å². The maximum absolute atomic E-state index is 12.0. The molecule has 4 rings (SSSR count). The fourth-order valence-corrected chi connectivity index (χ4v) is 3.93. The molecule has 14 heteroatoms. The first-order valence-electron chi connectivity index (χ1n) is 10.6. The molecule has 0 fully saturated rings. The van der Waals surface area contributed by atoms with Gasteiger partial charge in [-0.15, -0.1) is 10.2 Å². The molecule has 1 radical (unpaired) electrons. The van der Waals surface area contributed by atoms with Crippen LogP contribution in [-0.4, -0.2) is 68.9 Å². The van der Waals surface area contributed by atoms with Crippen molar-refractivity contribution < 1.29 is 38.2 Å². The van der Waals surface area contributed by atoms with E-state index in [2.05, 4.69) is 20.5 Å². The Kier molecular flexibility index (Phi) is 9.16. The van der Waals surface area contributed by atoms with E-state index in [1.165, 1.54) is 42.5 Å². The molecule has 193 valence electrons. The van der Waals surface area contributed by atoms with Crippen molar-refractivity contribution in [3.05, 3.63) is 84.4 Å². The standard InChI is InChI=1S/C25H18N4O8S.Na/c30-18-7-9-20(23(32)13-18)28-29-21-8-3-15(11-24(21)38(35,36)37)14-1-4-16(5-2-14)26-27-17-6-10-22(31)19(12-17)25(33)34;/h1-13,30-32H,(H,33,34)(H,35,36,37);. The smallest absolute Gasteiger partial charge is 0.339 e. The van der Waals surface area contributed by atoms with Gasteiger partial charge in [-0.3, -0.25) is 4.55 Å². The van der Waals surface area contributed by atoms with Crippen LogP contribution in [0.2, 0.25) is 0 Å². The molecule has 0 saturated carbocycles. The number of carbonyl (C=O) groups is 1. The first-order chi connectivity index (χ1) is 18.0. The summed E-state index contributed by atoms with van der Waals surface area (Å²) < 4.78 is 33.8. The summed E-state index contributed by atoms with van der Waals surface area (Å²) in [5, 5.41) is 53.5. The quantitative estimate of drug-likeness (QED) is 0.105. The van der Waals surface area contributed by atoms with Crippen molar-refractivity contribution in [3.8, 4) is 28.4 Å². The largest absolute Gasteiger partial charge is 0.508 e. The molecule has 0 aliphatic rings. The zero-order valence-electron chi connectivity index (χ0n) is 20.2. The Morgan fingerprint density at radius 1 is 0.641 bits per heavy atom. The molecule has 39 heavy (non-hydrogen) atoms. The van der Waals surface area contributed by atoms with Crippen molar-refractivity contribution in [3.63, 3.8) is 0 Å². The van der Waals surface area contributed by atoms with Crippen LogP contribution in [0.5, 0.6) is 17.2 Å². The summed E-state index contributed by atoms with van der Waals surface area (Å²) >= 11 is 0. The van der Waals surface area contributed by atoms with E-state index in [0.29, 0.717) is 16.8 Å². The Hall–Kier alpha value is -4.14. The monoisotopic (exact) mass is 557 g/mol. The molecule has 0 saturated heterocycles. The fourth-order valence-electron chi connectivity index (χ4n) is 3.28. The number of carboxylic acids is 1. The summed E-state index contributed by atoms with van der Waals surface area (Å²) in [6.07, 6.45) is 0. The van der Waals surface area contributed by atoms with Crippen molar-refractivity contribution in [2.24, 2.45) is 20.5 Å². The molecule has 4 aromatic rings. The number of benzene rings is 4. The van der Waals surface area contributed by atoms with Crippen LogP contribution in [0.4, 0.5) is 22.7 Å². The molecule has 5 N–H and O–H groups in total. The molecular weight excluding hydrogens is 539 g/mol. The van der Waals surface area contributed by atoms with Crippen LogP contribution in [0, 0.1) is 0 Å². The van der Waals surface area contributed by atoms with Crippen LogP contribution < -0.4 is 0 Å². The van der Waals surface area contributed by atoms with Gasteiger partial charge >= 0.3 is 5.97 Å². The van der Waals surface area contributed by atoms with Crippen LogP contribution in [0.25, 0.3) is 11.1 Å². The SMILES string of the molecule is O=C(O)c1cc(N=Nc2ccc(-c3ccc(N=Nc4ccc(O)cc4O)c(S(=O)(=O)O)c3)cc2)ccc1O.[Na]. The van der Waals surface area contributed by atoms with Crippen molar-refractivity contribution in [2.75, 3.05) is 0 Å². The number of hydrogen-bond acceptors (Lipinski definition) is 10. The van der Waals surface area contributed by atoms with Gasteiger partial charge in [-0.05, 0) is 65.7 Å². The van der Waals surface area contributed by atoms with Gasteiger partial charge in [0, 0.05) is 35.6 Å². The Balaban J connectivity index is 0.00000420. The van der Waals surface area contributed by atoms with Crippen LogP contribution in [0.1, 0.15) is 10.4 Å². The third-order valence-corrected chi connectivity index (χ3v) is 6.04. The number of aromatic carboxylic acids is 1. The molecule has 0 aliphatic heterocycles. The average Bonchev–Trinajstić information content (AvgIpc) is 2.87. The van der Waals surface area contributed by atoms with E-state index >= 15 is 0 Å². The maximum atomic E-state index is 12.0. The van der Waals surface area contributed by atoms with Gasteiger partial charge < -0.3 is 20.4 Å². The first kappa shape index (κ1) is 29.4. The molecule has 0 aromatic heterocycles. The fraction of sp³-hybridized carbons (Fsp3) is 0. The van der Waals surface area contributed by atoms with Crippen LogP contribution >= 0.6 is 0 Å². The number of aromatic hydroxyl groups is 3. The summed E-state index contributed by atoms with van der Waals surface area (Å²) in [5.74, 6) is -2.26. The normalized spacial score (nSPS) is 11.5. The molecule has 0 aliphatic carbocycles. The summed E-state index contributed by atoms with van der Waals surface area (Å²) in [4.78, 5) is 10.6. The molecule has 0 spiro atoms. The summed E-state index contributed by atoms with van der Waals surface area (Å²) in [6, 6.07) is 17.9. The maximum Gasteiger partial charge on any atom is 0.339 e. The second-order valence-electron chi connectivity index (χ2n) is 7.78. The third kappa shape index (κ3) is 7.25. The molecule has 0 atom stereocenters. The van der Waals surface area contributed by atoms with Crippen molar-refractivity contribution >= 4 is 68.4 Å². The van der Waals surface area contributed by atoms with E-state index < -0.39 is 26.7 Å². The number of phenolic OH excluding ortho intramolecular Hbond substituents is 2. The molecular formula is C25H18N4NaO8S. The minimum atomic E-state index is -4.69. The van der Waals surface area contributed by atoms with E-state index in [9.17, 15) is 33.1 Å². The summed E-state index contributed by atoms with van der Waals surface area (Å²) in [7, 11) is -4.69. The average molecular weight is 557 g/mol. The van der Waals surface area contributed by atoms with E-state index in [-0.39, 0.29) is 63.7 Å². The van der Waals surface area contributed by atoms with Gasteiger partial charge in [0.2, 0.25) is 0 Å². The summed E-state index contributed by atoms with van der Waals surface area (Å²) in [6.45, 7) is 0. The van der Waals surface area contributed by atoms with Crippen LogP contribution in [0.3, 0.4) is 0 Å². The summed E-state index contributed by atoms with van der Waals surface area (Å²) in [5.41, 5.74) is 1.12. The number of azo groups is 2. The van der Waals surface area contributed by atoms with E-state index in [1.807, 2.05) is 0 Å². The van der Waals surface area contributed by atoms with Gasteiger partial charge in [0.05, 0.1) is 11.4 Å². The zero-order valence-corrected chi connectivity index (χ0v) is 23.0. The number of hydrogen-bond donors (Lipinski definition) is 5. The Morgan fingerprint density at radius 2 is 1.23 bits per heavy atom. The van der Waals surface area contributed by atoms with E-state index in [4.69, 9.17) is 5.11 Å². The minimum absolute atomic E-state index is 0. The molecule has 0 heterocycles. The first-order valence-corrected chi connectivity index (χ1v) is 12.1. The van der Waals surface area contributed by atoms with Crippen molar-refractivity contribution in [1.82, 2.24) is 0 Å². The number of rotatable bonds is 7. The number of phenols is 3. The Morgan fingerprint density at radius 3 is 1.87 bits per heavy atom. The molecule has 4 aromatic carbocycles. The van der Waals surface area contributed by atoms with Gasteiger partial charge in [-0.1, -0.05) is 18.2 Å². The molecule has 0 bridgehead atoms. The Labute approximate surface area is 243 Å². The van der Waals surface area contributed by atoms with Gasteiger partial charge in [0.15, 0.2) is 0 Å². The van der Waals surface area contributed by atoms with Gasteiger partial charge in [-0.2, -0.15) is 18.6 Å². The van der Waals surface area contributed by atoms with E-state index in [0.717, 1.165) is 6.07 Å². The van der Waals surface area contributed by atoms with Crippen molar-refractivity contribution in [2.45, 2.75) is 4.90 Å². The van der Waals surface area contributed by atoms with Gasteiger partial charge in [0.1, 0.15) is 39.1 Å². The second-order valence-corrected chi connectivity index (χ2v) is 9.17. The number of carboxylic acid groups (broad SMARTS) is 1. The van der Waals surface area contributed by atoms with Crippen LogP contribution in [0.15, 0.2) is 104 Å².